The van der Waals surface area contributed by atoms with E-state index in [0.29, 0.717) is 5.56 Å². The minimum absolute atomic E-state index is 0.00673. The molecule has 0 aliphatic rings. The number of hydrogen-bond donors (Lipinski definition) is 2. The van der Waals surface area contributed by atoms with Crippen LogP contribution in [0.15, 0.2) is 40.9 Å². The van der Waals surface area contributed by atoms with Gasteiger partial charge in [0, 0.05) is 17.1 Å². The molecule has 106 valence electrons. The Hall–Kier alpha value is -1.53. The van der Waals surface area contributed by atoms with Crippen molar-refractivity contribution in [1.29, 1.82) is 0 Å². The Morgan fingerprint density at radius 2 is 1.70 bits per heavy atom. The minimum Gasteiger partial charge on any atom is -0.387 e. The lowest BCUT2D eigenvalue weighted by Gasteiger charge is -2.15. The molecule has 0 aliphatic heterocycles. The SMILES string of the molecule is OC(CNc1c(F)cc(F)cc1Br)c1ccc(F)cc1. The second-order valence-electron chi connectivity index (χ2n) is 4.19. The Labute approximate surface area is 122 Å². The molecule has 2 aromatic rings. The van der Waals surface area contributed by atoms with Crippen LogP contribution in [0.1, 0.15) is 11.7 Å². The van der Waals surface area contributed by atoms with Gasteiger partial charge in [-0.2, -0.15) is 0 Å². The van der Waals surface area contributed by atoms with Crippen LogP contribution >= 0.6 is 15.9 Å². The standard InChI is InChI=1S/C14H11BrF3NO/c15-11-5-10(17)6-12(18)14(11)19-7-13(20)8-1-3-9(16)4-2-8/h1-6,13,19-20H,7H2. The molecule has 6 heteroatoms. The molecule has 0 aromatic heterocycles. The lowest BCUT2D eigenvalue weighted by atomic mass is 10.1. The number of anilines is 1. The third-order valence-corrected chi connectivity index (χ3v) is 3.36. The van der Waals surface area contributed by atoms with Gasteiger partial charge in [-0.25, -0.2) is 13.2 Å². The van der Waals surface area contributed by atoms with Gasteiger partial charge in [0.1, 0.15) is 17.5 Å². The van der Waals surface area contributed by atoms with Crippen LogP contribution in [0.25, 0.3) is 0 Å². The summed E-state index contributed by atoms with van der Waals surface area (Å²) in [4.78, 5) is 0. The summed E-state index contributed by atoms with van der Waals surface area (Å²) >= 11 is 3.04. The zero-order valence-corrected chi connectivity index (χ0v) is 11.8. The van der Waals surface area contributed by atoms with E-state index in [1.807, 2.05) is 0 Å². The van der Waals surface area contributed by atoms with E-state index < -0.39 is 23.6 Å². The molecule has 0 aliphatic carbocycles. The fraction of sp³-hybridized carbons (Fsp3) is 0.143. The maximum absolute atomic E-state index is 13.6. The molecule has 0 saturated carbocycles. The molecule has 1 atom stereocenters. The van der Waals surface area contributed by atoms with E-state index in [0.717, 1.165) is 12.1 Å². The van der Waals surface area contributed by atoms with Gasteiger partial charge in [0.15, 0.2) is 0 Å². The molecule has 0 radical (unpaired) electrons. The van der Waals surface area contributed by atoms with Crippen LogP contribution in [-0.2, 0) is 0 Å². The first-order chi connectivity index (χ1) is 9.47. The van der Waals surface area contributed by atoms with Crippen LogP contribution in [0.4, 0.5) is 18.9 Å². The van der Waals surface area contributed by atoms with Gasteiger partial charge < -0.3 is 10.4 Å². The Bertz CT molecular complexity index is 581. The van der Waals surface area contributed by atoms with Crippen LogP contribution in [0.5, 0.6) is 0 Å². The van der Waals surface area contributed by atoms with Crippen LogP contribution in [0.2, 0.25) is 0 Å². The summed E-state index contributed by atoms with van der Waals surface area (Å²) in [6.07, 6.45) is -0.938. The molecule has 0 spiro atoms. The van der Waals surface area contributed by atoms with Gasteiger partial charge in [-0.15, -0.1) is 0 Å². The largest absolute Gasteiger partial charge is 0.387 e. The van der Waals surface area contributed by atoms with Gasteiger partial charge in [-0.05, 0) is 39.7 Å². The third-order valence-electron chi connectivity index (χ3n) is 2.73. The minimum atomic E-state index is -0.938. The molecule has 0 fully saturated rings. The highest BCUT2D eigenvalue weighted by atomic mass is 79.9. The molecule has 0 heterocycles. The van der Waals surface area contributed by atoms with Gasteiger partial charge in [0.25, 0.3) is 0 Å². The van der Waals surface area contributed by atoms with Crippen molar-refractivity contribution < 1.29 is 18.3 Å². The molecule has 2 nitrogen and oxygen atoms in total. The lowest BCUT2D eigenvalue weighted by molar-refractivity contribution is 0.191. The van der Waals surface area contributed by atoms with Crippen molar-refractivity contribution in [1.82, 2.24) is 0 Å². The normalized spacial score (nSPS) is 12.2. The van der Waals surface area contributed by atoms with Gasteiger partial charge >= 0.3 is 0 Å². The molecule has 0 saturated heterocycles. The molecular weight excluding hydrogens is 335 g/mol. The second kappa shape index (κ2) is 6.28. The first-order valence-electron chi connectivity index (χ1n) is 5.79. The quantitative estimate of drug-likeness (QED) is 0.877. The lowest BCUT2D eigenvalue weighted by Crippen LogP contribution is -2.13. The summed E-state index contributed by atoms with van der Waals surface area (Å²) in [5.74, 6) is -1.86. The zero-order valence-electron chi connectivity index (χ0n) is 10.2. The second-order valence-corrected chi connectivity index (χ2v) is 5.05. The van der Waals surface area contributed by atoms with Crippen molar-refractivity contribution in [3.05, 3.63) is 63.9 Å². The van der Waals surface area contributed by atoms with E-state index in [4.69, 9.17) is 0 Å². The Balaban J connectivity index is 2.07. The molecule has 1 unspecified atom stereocenters. The Kier molecular flexibility index (Phi) is 4.67. The number of hydrogen-bond acceptors (Lipinski definition) is 2. The van der Waals surface area contributed by atoms with Gasteiger partial charge in [0.2, 0.25) is 0 Å². The van der Waals surface area contributed by atoms with Gasteiger partial charge in [-0.1, -0.05) is 12.1 Å². The summed E-state index contributed by atoms with van der Waals surface area (Å²) < 4.78 is 39.5. The van der Waals surface area contributed by atoms with Crippen LogP contribution in [0.3, 0.4) is 0 Å². The summed E-state index contributed by atoms with van der Waals surface area (Å²) in [6, 6.07) is 7.21. The van der Waals surface area contributed by atoms with Crippen molar-refractivity contribution >= 4 is 21.6 Å². The third kappa shape index (κ3) is 3.52. The number of nitrogens with one attached hydrogen (secondary N) is 1. The summed E-state index contributed by atoms with van der Waals surface area (Å²) in [7, 11) is 0. The molecule has 2 rings (SSSR count). The Morgan fingerprint density at radius 3 is 2.30 bits per heavy atom. The van der Waals surface area contributed by atoms with E-state index >= 15 is 0 Å². The van der Waals surface area contributed by atoms with Crippen molar-refractivity contribution in [2.45, 2.75) is 6.10 Å². The maximum atomic E-state index is 13.6. The van der Waals surface area contributed by atoms with Crippen LogP contribution in [0, 0.1) is 17.5 Å². The molecular formula is C14H11BrF3NO. The highest BCUT2D eigenvalue weighted by Crippen LogP contribution is 2.27. The molecule has 2 aromatic carbocycles. The fourth-order valence-electron chi connectivity index (χ4n) is 1.71. The highest BCUT2D eigenvalue weighted by Gasteiger charge is 2.12. The number of halogens is 4. The molecule has 0 amide bonds. The monoisotopic (exact) mass is 345 g/mol. The predicted octanol–water partition coefficient (Wildman–Crippen LogP) is 4.01. The summed E-state index contributed by atoms with van der Waals surface area (Å²) in [5.41, 5.74) is 0.560. The van der Waals surface area contributed by atoms with Crippen molar-refractivity contribution in [2.75, 3.05) is 11.9 Å². The summed E-state index contributed by atoms with van der Waals surface area (Å²) in [5, 5.41) is 12.6. The zero-order chi connectivity index (χ0) is 14.7. The molecule has 20 heavy (non-hydrogen) atoms. The number of rotatable bonds is 4. The van der Waals surface area contributed by atoms with Crippen LogP contribution in [-0.4, -0.2) is 11.7 Å². The van der Waals surface area contributed by atoms with Gasteiger partial charge in [0.05, 0.1) is 11.8 Å². The highest BCUT2D eigenvalue weighted by molar-refractivity contribution is 9.10. The van der Waals surface area contributed by atoms with Crippen molar-refractivity contribution in [2.24, 2.45) is 0 Å². The van der Waals surface area contributed by atoms with Crippen LogP contribution < -0.4 is 5.32 Å². The van der Waals surface area contributed by atoms with E-state index in [-0.39, 0.29) is 16.7 Å². The van der Waals surface area contributed by atoms with Crippen molar-refractivity contribution in [3.8, 4) is 0 Å². The fourth-order valence-corrected chi connectivity index (χ4v) is 2.26. The van der Waals surface area contributed by atoms with Crippen molar-refractivity contribution in [3.63, 3.8) is 0 Å². The number of aliphatic hydroxyl groups excluding tert-OH is 1. The topological polar surface area (TPSA) is 32.3 Å². The average Bonchev–Trinajstić information content (AvgIpc) is 2.38. The molecule has 0 bridgehead atoms. The number of benzene rings is 2. The van der Waals surface area contributed by atoms with E-state index in [9.17, 15) is 18.3 Å². The Morgan fingerprint density at radius 1 is 1.05 bits per heavy atom. The number of aliphatic hydroxyl groups is 1. The van der Waals surface area contributed by atoms with Gasteiger partial charge in [-0.3, -0.25) is 0 Å². The maximum Gasteiger partial charge on any atom is 0.150 e. The van der Waals surface area contributed by atoms with E-state index in [2.05, 4.69) is 21.2 Å². The first-order valence-corrected chi connectivity index (χ1v) is 6.58. The summed E-state index contributed by atoms with van der Waals surface area (Å²) in [6.45, 7) is 0.00673. The first kappa shape index (κ1) is 14.9. The predicted molar refractivity (Wildman–Crippen MR) is 73.9 cm³/mol. The molecule has 2 N–H and O–H groups in total. The van der Waals surface area contributed by atoms with E-state index in [1.165, 1.54) is 24.3 Å². The smallest absolute Gasteiger partial charge is 0.150 e. The average molecular weight is 346 g/mol. The van der Waals surface area contributed by atoms with E-state index in [1.54, 1.807) is 0 Å².